The first-order valence-corrected chi connectivity index (χ1v) is 7.60. The zero-order chi connectivity index (χ0) is 16.4. The highest BCUT2D eigenvalue weighted by atomic mass is 15.1. The van der Waals surface area contributed by atoms with Gasteiger partial charge in [0.05, 0.1) is 11.2 Å². The fourth-order valence-electron chi connectivity index (χ4n) is 2.69. The summed E-state index contributed by atoms with van der Waals surface area (Å²) in [7, 11) is 0. The minimum Gasteiger partial charge on any atom is -0.382 e. The molecule has 0 aliphatic carbocycles. The molecule has 24 heavy (non-hydrogen) atoms. The average molecular weight is 313 g/mol. The molecule has 4 aromatic rings. The van der Waals surface area contributed by atoms with E-state index in [1.807, 2.05) is 60.7 Å². The summed E-state index contributed by atoms with van der Waals surface area (Å²) in [5, 5.41) is 8.49. The number of hydrogen-bond donors (Lipinski definition) is 2. The van der Waals surface area contributed by atoms with Crippen LogP contribution in [0, 0.1) is 0 Å². The van der Waals surface area contributed by atoms with E-state index in [-0.39, 0.29) is 0 Å². The predicted molar refractivity (Wildman–Crippen MR) is 96.9 cm³/mol. The van der Waals surface area contributed by atoms with Gasteiger partial charge in [-0.05, 0) is 17.7 Å². The summed E-state index contributed by atoms with van der Waals surface area (Å²) >= 11 is 0. The number of aromatic nitrogens is 4. The van der Waals surface area contributed by atoms with E-state index in [2.05, 4.69) is 20.2 Å². The van der Waals surface area contributed by atoms with Gasteiger partial charge in [0.15, 0.2) is 0 Å². The molecule has 2 aromatic heterocycles. The van der Waals surface area contributed by atoms with Gasteiger partial charge in [0, 0.05) is 23.3 Å². The molecule has 0 spiro atoms. The van der Waals surface area contributed by atoms with Crippen molar-refractivity contribution in [1.29, 1.82) is 0 Å². The Morgan fingerprint density at radius 3 is 2.58 bits per heavy atom. The lowest BCUT2D eigenvalue weighted by atomic mass is 10.0. The molecule has 0 aliphatic rings. The van der Waals surface area contributed by atoms with Crippen LogP contribution in [0.25, 0.3) is 34.3 Å². The lowest BCUT2D eigenvalue weighted by molar-refractivity contribution is 1.11. The molecule has 2 heterocycles. The van der Waals surface area contributed by atoms with Crippen LogP contribution >= 0.6 is 0 Å². The second kappa shape index (κ2) is 5.96. The molecule has 0 saturated heterocycles. The van der Waals surface area contributed by atoms with Gasteiger partial charge in [0.25, 0.3) is 0 Å². The molecule has 2 aromatic carbocycles. The predicted octanol–water partition coefficient (Wildman–Crippen LogP) is 3.77. The van der Waals surface area contributed by atoms with Crippen molar-refractivity contribution in [3.8, 4) is 11.3 Å². The number of hydrogen-bond acceptors (Lipinski definition) is 4. The lowest BCUT2D eigenvalue weighted by Crippen LogP contribution is -1.97. The van der Waals surface area contributed by atoms with E-state index in [0.717, 1.165) is 27.7 Å². The third-order valence-corrected chi connectivity index (χ3v) is 3.86. The fourth-order valence-corrected chi connectivity index (χ4v) is 2.69. The van der Waals surface area contributed by atoms with Crippen LogP contribution in [0.15, 0.2) is 60.9 Å². The molecular formula is C19H15N5. The van der Waals surface area contributed by atoms with Crippen molar-refractivity contribution in [2.75, 3.05) is 5.73 Å². The average Bonchev–Trinajstić information content (AvgIpc) is 3.04. The zero-order valence-electron chi connectivity index (χ0n) is 12.8. The van der Waals surface area contributed by atoms with Crippen molar-refractivity contribution in [3.63, 3.8) is 0 Å². The Morgan fingerprint density at radius 2 is 1.67 bits per heavy atom. The largest absolute Gasteiger partial charge is 0.382 e. The van der Waals surface area contributed by atoms with Crippen LogP contribution in [0.5, 0.6) is 0 Å². The Bertz CT molecular complexity index is 1030. The normalized spacial score (nSPS) is 11.3. The summed E-state index contributed by atoms with van der Waals surface area (Å²) in [5.74, 6) is 0.420. The van der Waals surface area contributed by atoms with Gasteiger partial charge in [-0.2, -0.15) is 5.10 Å². The smallest absolute Gasteiger partial charge is 0.150 e. The van der Waals surface area contributed by atoms with E-state index in [1.165, 1.54) is 0 Å². The van der Waals surface area contributed by atoms with Crippen molar-refractivity contribution >= 4 is 28.9 Å². The Balaban J connectivity index is 1.77. The first-order chi connectivity index (χ1) is 11.8. The van der Waals surface area contributed by atoms with Crippen LogP contribution in [0.3, 0.4) is 0 Å². The van der Waals surface area contributed by atoms with Crippen LogP contribution in [0.1, 0.15) is 11.3 Å². The first kappa shape index (κ1) is 14.1. The Kier molecular flexibility index (Phi) is 3.51. The van der Waals surface area contributed by atoms with E-state index in [9.17, 15) is 0 Å². The van der Waals surface area contributed by atoms with Gasteiger partial charge in [-0.3, -0.25) is 10.1 Å². The molecule has 0 radical (unpaired) electrons. The summed E-state index contributed by atoms with van der Waals surface area (Å²) in [6.07, 6.45) is 7.25. The molecule has 116 valence electrons. The number of nitrogen functional groups attached to an aromatic ring is 1. The molecule has 5 nitrogen and oxygen atoms in total. The Labute approximate surface area is 138 Å². The second-order valence-corrected chi connectivity index (χ2v) is 5.37. The molecule has 0 fully saturated rings. The maximum atomic E-state index is 5.97. The molecule has 0 unspecified atom stereocenters. The van der Waals surface area contributed by atoms with Crippen LogP contribution < -0.4 is 5.73 Å². The summed E-state index contributed by atoms with van der Waals surface area (Å²) in [5.41, 5.74) is 10.5. The molecule has 0 aliphatic heterocycles. The highest BCUT2D eigenvalue weighted by Gasteiger charge is 2.08. The van der Waals surface area contributed by atoms with Crippen LogP contribution in [-0.4, -0.2) is 20.2 Å². The molecule has 0 atom stereocenters. The fraction of sp³-hybridized carbons (Fsp3) is 0. The van der Waals surface area contributed by atoms with Crippen molar-refractivity contribution in [2.45, 2.75) is 0 Å². The van der Waals surface area contributed by atoms with E-state index in [4.69, 9.17) is 5.73 Å². The number of anilines is 1. The summed E-state index contributed by atoms with van der Waals surface area (Å²) in [4.78, 5) is 8.48. The number of nitrogens with two attached hydrogens (primary N) is 1. The highest BCUT2D eigenvalue weighted by molar-refractivity contribution is 5.91. The molecule has 0 amide bonds. The number of para-hydroxylation sites is 1. The highest BCUT2D eigenvalue weighted by Crippen LogP contribution is 2.27. The standard InChI is InChI=1S/C19H15N5/c20-19-18(21-11-12-22-19)14-6-2-1-5-13(14)9-10-17-15-7-3-4-8-16(15)23-24-17/h1-12H,(H2,20,22)(H,23,24)/b10-9+. The third-order valence-electron chi connectivity index (χ3n) is 3.86. The maximum absolute atomic E-state index is 5.97. The molecule has 0 saturated carbocycles. The van der Waals surface area contributed by atoms with Crippen molar-refractivity contribution in [2.24, 2.45) is 0 Å². The zero-order valence-corrected chi connectivity index (χ0v) is 12.8. The summed E-state index contributed by atoms with van der Waals surface area (Å²) in [6.45, 7) is 0. The summed E-state index contributed by atoms with van der Waals surface area (Å²) in [6, 6.07) is 16.0. The summed E-state index contributed by atoms with van der Waals surface area (Å²) < 4.78 is 0. The number of aromatic amines is 1. The Hall–Kier alpha value is -3.47. The molecule has 5 heteroatoms. The second-order valence-electron chi connectivity index (χ2n) is 5.37. The topological polar surface area (TPSA) is 80.5 Å². The minimum atomic E-state index is 0.420. The van der Waals surface area contributed by atoms with Gasteiger partial charge in [-0.1, -0.05) is 48.5 Å². The number of H-pyrrole nitrogens is 1. The van der Waals surface area contributed by atoms with Gasteiger partial charge < -0.3 is 5.73 Å². The molecule has 0 bridgehead atoms. The van der Waals surface area contributed by atoms with Crippen LogP contribution in [-0.2, 0) is 0 Å². The molecule has 3 N–H and O–H groups in total. The minimum absolute atomic E-state index is 0.420. The van der Waals surface area contributed by atoms with E-state index in [1.54, 1.807) is 12.4 Å². The number of fused-ring (bicyclic) bond motifs is 1. The van der Waals surface area contributed by atoms with E-state index in [0.29, 0.717) is 11.5 Å². The Morgan fingerprint density at radius 1 is 0.875 bits per heavy atom. The SMILES string of the molecule is Nc1nccnc1-c1ccccc1/C=C/c1n[nH]c2ccccc12. The first-order valence-electron chi connectivity index (χ1n) is 7.60. The number of nitrogens with zero attached hydrogens (tertiary/aromatic N) is 3. The monoisotopic (exact) mass is 313 g/mol. The maximum Gasteiger partial charge on any atom is 0.150 e. The van der Waals surface area contributed by atoms with E-state index >= 15 is 0 Å². The van der Waals surface area contributed by atoms with Gasteiger partial charge in [0.1, 0.15) is 11.5 Å². The van der Waals surface area contributed by atoms with Gasteiger partial charge in [-0.25, -0.2) is 4.98 Å². The molecular weight excluding hydrogens is 298 g/mol. The van der Waals surface area contributed by atoms with Crippen LogP contribution in [0.2, 0.25) is 0 Å². The number of rotatable bonds is 3. The van der Waals surface area contributed by atoms with Crippen LogP contribution in [0.4, 0.5) is 5.82 Å². The van der Waals surface area contributed by atoms with Gasteiger partial charge >= 0.3 is 0 Å². The number of benzene rings is 2. The lowest BCUT2D eigenvalue weighted by Gasteiger charge is -2.06. The van der Waals surface area contributed by atoms with Crippen molar-refractivity contribution in [3.05, 3.63) is 72.2 Å². The quantitative estimate of drug-likeness (QED) is 0.603. The van der Waals surface area contributed by atoms with Gasteiger partial charge in [0.2, 0.25) is 0 Å². The van der Waals surface area contributed by atoms with Crippen molar-refractivity contribution < 1.29 is 0 Å². The van der Waals surface area contributed by atoms with E-state index < -0.39 is 0 Å². The van der Waals surface area contributed by atoms with Crippen molar-refractivity contribution in [1.82, 2.24) is 20.2 Å². The van der Waals surface area contributed by atoms with Gasteiger partial charge in [-0.15, -0.1) is 0 Å². The third kappa shape index (κ3) is 2.52. The molecule has 4 rings (SSSR count). The number of nitrogens with one attached hydrogen (secondary N) is 1.